The van der Waals surface area contributed by atoms with Crippen LogP contribution in [-0.4, -0.2) is 37.0 Å². The Kier molecular flexibility index (Phi) is 4.44. The Morgan fingerprint density at radius 1 is 0.963 bits per heavy atom. The molecule has 1 amide bonds. The third-order valence-electron chi connectivity index (χ3n) is 5.33. The Hall–Kier alpha value is -3.08. The Morgan fingerprint density at radius 2 is 1.70 bits per heavy atom. The first-order valence-corrected chi connectivity index (χ1v) is 9.18. The van der Waals surface area contributed by atoms with Crippen LogP contribution in [0.4, 0.5) is 5.69 Å². The minimum Gasteiger partial charge on any atom is -0.451 e. The Labute approximate surface area is 157 Å². The summed E-state index contributed by atoms with van der Waals surface area (Å²) in [7, 11) is 0. The van der Waals surface area contributed by atoms with Crippen LogP contribution in [-0.2, 0) is 0 Å². The third kappa shape index (κ3) is 3.21. The van der Waals surface area contributed by atoms with Gasteiger partial charge in [0.15, 0.2) is 11.2 Å². The number of carbonyl (C=O) groups excluding carboxylic acids is 1. The van der Waals surface area contributed by atoms with Crippen LogP contribution >= 0.6 is 0 Å². The normalized spacial score (nSPS) is 14.6. The van der Waals surface area contributed by atoms with Gasteiger partial charge in [-0.05, 0) is 43.2 Å². The predicted octanol–water partition coefficient (Wildman–Crippen LogP) is 3.37. The molecule has 5 nitrogen and oxygen atoms in total. The molecule has 2 heterocycles. The Balaban J connectivity index is 1.52. The van der Waals surface area contributed by atoms with Crippen LogP contribution in [0.1, 0.15) is 21.7 Å². The molecule has 1 saturated heterocycles. The second kappa shape index (κ2) is 6.91. The van der Waals surface area contributed by atoms with Crippen molar-refractivity contribution in [2.24, 2.45) is 0 Å². The number of aryl methyl sites for hydroxylation is 1. The van der Waals surface area contributed by atoms with Crippen LogP contribution in [0.15, 0.2) is 57.7 Å². The van der Waals surface area contributed by atoms with Crippen LogP contribution in [0.2, 0.25) is 0 Å². The monoisotopic (exact) mass is 362 g/mol. The van der Waals surface area contributed by atoms with E-state index in [9.17, 15) is 9.59 Å². The number of benzene rings is 2. The molecule has 0 bridgehead atoms. The minimum absolute atomic E-state index is 0.110. The minimum atomic E-state index is -0.224. The zero-order valence-electron chi connectivity index (χ0n) is 15.6. The standard InChI is InChI=1S/C22H22N2O3/c1-15-6-5-8-18(16(15)2)23-10-12-24(13-11-23)22(26)21-14-19(25)17-7-3-4-9-20(17)27-21/h3-9,14H,10-13H2,1-2H3. The first kappa shape index (κ1) is 17.3. The number of carbonyl (C=O) groups is 1. The summed E-state index contributed by atoms with van der Waals surface area (Å²) >= 11 is 0. The highest BCUT2D eigenvalue weighted by atomic mass is 16.3. The van der Waals surface area contributed by atoms with E-state index in [4.69, 9.17) is 4.42 Å². The molecule has 0 unspecified atom stereocenters. The van der Waals surface area contributed by atoms with Gasteiger partial charge in [-0.3, -0.25) is 9.59 Å². The van der Waals surface area contributed by atoms with Crippen molar-refractivity contribution in [1.82, 2.24) is 4.90 Å². The van der Waals surface area contributed by atoms with Crippen molar-refractivity contribution in [2.75, 3.05) is 31.1 Å². The lowest BCUT2D eigenvalue weighted by Gasteiger charge is -2.36. The molecular weight excluding hydrogens is 340 g/mol. The zero-order valence-corrected chi connectivity index (χ0v) is 15.6. The van der Waals surface area contributed by atoms with Gasteiger partial charge in [0, 0.05) is 37.9 Å². The zero-order chi connectivity index (χ0) is 19.0. The van der Waals surface area contributed by atoms with E-state index in [0.717, 1.165) is 13.1 Å². The molecule has 5 heteroatoms. The lowest BCUT2D eigenvalue weighted by molar-refractivity contribution is 0.0715. The number of fused-ring (bicyclic) bond motifs is 1. The first-order chi connectivity index (χ1) is 13.0. The fourth-order valence-electron chi connectivity index (χ4n) is 3.59. The van der Waals surface area contributed by atoms with Gasteiger partial charge >= 0.3 is 0 Å². The first-order valence-electron chi connectivity index (χ1n) is 9.18. The van der Waals surface area contributed by atoms with E-state index < -0.39 is 0 Å². The van der Waals surface area contributed by atoms with Crippen molar-refractivity contribution in [1.29, 1.82) is 0 Å². The summed E-state index contributed by atoms with van der Waals surface area (Å²) in [6.45, 7) is 6.96. The van der Waals surface area contributed by atoms with Crippen molar-refractivity contribution in [2.45, 2.75) is 13.8 Å². The highest BCUT2D eigenvalue weighted by Crippen LogP contribution is 2.24. The molecule has 0 radical (unpaired) electrons. The maximum atomic E-state index is 12.8. The number of amides is 1. The highest BCUT2D eigenvalue weighted by molar-refractivity contribution is 5.93. The number of nitrogens with zero attached hydrogens (tertiary/aromatic N) is 2. The summed E-state index contributed by atoms with van der Waals surface area (Å²) in [6.07, 6.45) is 0. The van der Waals surface area contributed by atoms with Crippen LogP contribution in [0.3, 0.4) is 0 Å². The van der Waals surface area contributed by atoms with E-state index in [1.165, 1.54) is 22.9 Å². The van der Waals surface area contributed by atoms with Crippen LogP contribution in [0.25, 0.3) is 11.0 Å². The van der Waals surface area contributed by atoms with Gasteiger partial charge in [-0.1, -0.05) is 24.3 Å². The fourth-order valence-corrected chi connectivity index (χ4v) is 3.59. The van der Waals surface area contributed by atoms with Gasteiger partial charge in [-0.2, -0.15) is 0 Å². The van der Waals surface area contributed by atoms with Gasteiger partial charge in [0.25, 0.3) is 5.91 Å². The fraction of sp³-hybridized carbons (Fsp3) is 0.273. The molecule has 138 valence electrons. The van der Waals surface area contributed by atoms with Crippen molar-refractivity contribution < 1.29 is 9.21 Å². The third-order valence-corrected chi connectivity index (χ3v) is 5.33. The molecule has 1 aromatic heterocycles. The maximum Gasteiger partial charge on any atom is 0.289 e. The molecule has 1 aliphatic rings. The Bertz CT molecular complexity index is 1060. The van der Waals surface area contributed by atoms with Crippen LogP contribution < -0.4 is 10.3 Å². The molecule has 4 rings (SSSR count). The quantitative estimate of drug-likeness (QED) is 0.701. The molecule has 0 aliphatic carbocycles. The predicted molar refractivity (Wildman–Crippen MR) is 107 cm³/mol. The van der Waals surface area contributed by atoms with E-state index in [1.807, 2.05) is 0 Å². The highest BCUT2D eigenvalue weighted by Gasteiger charge is 2.25. The van der Waals surface area contributed by atoms with Crippen molar-refractivity contribution >= 4 is 22.6 Å². The molecule has 1 fully saturated rings. The molecule has 1 aliphatic heterocycles. The summed E-state index contributed by atoms with van der Waals surface area (Å²) in [5, 5.41) is 0.494. The smallest absolute Gasteiger partial charge is 0.289 e. The maximum absolute atomic E-state index is 12.8. The average Bonchev–Trinajstić information content (AvgIpc) is 2.70. The van der Waals surface area contributed by atoms with Gasteiger partial charge in [0.1, 0.15) is 5.58 Å². The molecule has 0 saturated carbocycles. The van der Waals surface area contributed by atoms with Gasteiger partial charge in [-0.15, -0.1) is 0 Å². The van der Waals surface area contributed by atoms with Crippen LogP contribution in [0.5, 0.6) is 0 Å². The number of piperazine rings is 1. The topological polar surface area (TPSA) is 53.8 Å². The van der Waals surface area contributed by atoms with Gasteiger partial charge in [0.2, 0.25) is 0 Å². The summed E-state index contributed by atoms with van der Waals surface area (Å²) < 4.78 is 5.70. The molecule has 2 aromatic carbocycles. The van der Waals surface area contributed by atoms with Crippen molar-refractivity contribution in [3.63, 3.8) is 0 Å². The van der Waals surface area contributed by atoms with E-state index >= 15 is 0 Å². The molecular formula is C22H22N2O3. The lowest BCUT2D eigenvalue weighted by atomic mass is 10.1. The molecule has 0 spiro atoms. The number of hydrogen-bond donors (Lipinski definition) is 0. The number of rotatable bonds is 2. The van der Waals surface area contributed by atoms with Gasteiger partial charge in [0.05, 0.1) is 5.39 Å². The second-order valence-electron chi connectivity index (χ2n) is 6.97. The molecule has 0 atom stereocenters. The van der Waals surface area contributed by atoms with E-state index in [1.54, 1.807) is 29.2 Å². The summed E-state index contributed by atoms with van der Waals surface area (Å²) in [5.41, 5.74) is 4.03. The van der Waals surface area contributed by atoms with E-state index in [-0.39, 0.29) is 17.1 Å². The number of anilines is 1. The average molecular weight is 362 g/mol. The molecule has 0 N–H and O–H groups in total. The van der Waals surface area contributed by atoms with Gasteiger partial charge < -0.3 is 14.2 Å². The van der Waals surface area contributed by atoms with Crippen molar-refractivity contribution in [3.05, 3.63) is 75.6 Å². The van der Waals surface area contributed by atoms with E-state index in [0.29, 0.717) is 24.1 Å². The van der Waals surface area contributed by atoms with E-state index in [2.05, 4.69) is 36.9 Å². The van der Waals surface area contributed by atoms with Crippen LogP contribution in [0, 0.1) is 13.8 Å². The molecule has 3 aromatic rings. The SMILES string of the molecule is Cc1cccc(N2CCN(C(=O)c3cc(=O)c4ccccc4o3)CC2)c1C. The second-order valence-corrected chi connectivity index (χ2v) is 6.97. The largest absolute Gasteiger partial charge is 0.451 e. The Morgan fingerprint density at radius 3 is 2.48 bits per heavy atom. The number of para-hydroxylation sites is 1. The van der Waals surface area contributed by atoms with Crippen molar-refractivity contribution in [3.8, 4) is 0 Å². The molecule has 27 heavy (non-hydrogen) atoms. The number of hydrogen-bond acceptors (Lipinski definition) is 4. The summed E-state index contributed by atoms with van der Waals surface area (Å²) in [4.78, 5) is 29.2. The summed E-state index contributed by atoms with van der Waals surface area (Å²) in [5.74, 6) is -0.114. The van der Waals surface area contributed by atoms with Gasteiger partial charge in [-0.25, -0.2) is 0 Å². The lowest BCUT2D eigenvalue weighted by Crippen LogP contribution is -2.49. The summed E-state index contributed by atoms with van der Waals surface area (Å²) in [6, 6.07) is 14.6.